The first-order chi connectivity index (χ1) is 10.4. The number of nitrogens with two attached hydrogens (primary N) is 1. The molecule has 0 radical (unpaired) electrons. The van der Waals surface area contributed by atoms with Crippen LogP contribution in [0.1, 0.15) is 5.56 Å². The second-order valence-electron chi connectivity index (χ2n) is 4.23. The molecule has 3 N–H and O–H groups in total. The number of primary sulfonamides is 1. The summed E-state index contributed by atoms with van der Waals surface area (Å²) in [5.74, 6) is 0.368. The Balaban J connectivity index is 1.99. The Kier molecular flexibility index (Phi) is 5.26. The van der Waals surface area contributed by atoms with Gasteiger partial charge in [0, 0.05) is 6.20 Å². The maximum Gasteiger partial charge on any atom is 0.239 e. The van der Waals surface area contributed by atoms with Gasteiger partial charge in [-0.2, -0.15) is 5.10 Å². The van der Waals surface area contributed by atoms with Gasteiger partial charge >= 0.3 is 0 Å². The number of hydrazone groups is 1. The minimum atomic E-state index is -3.75. The summed E-state index contributed by atoms with van der Waals surface area (Å²) < 4.78 is 22.2. The van der Waals surface area contributed by atoms with Crippen molar-refractivity contribution in [3.63, 3.8) is 0 Å². The fourth-order valence-corrected chi connectivity index (χ4v) is 2.15. The maximum atomic E-state index is 11.1. The molecular formula is C14H13ClN4O2S. The minimum Gasteiger partial charge on any atom is -0.261 e. The quantitative estimate of drug-likeness (QED) is 0.647. The van der Waals surface area contributed by atoms with E-state index >= 15 is 0 Å². The van der Waals surface area contributed by atoms with Gasteiger partial charge in [-0.25, -0.2) is 18.5 Å². The molecule has 1 aromatic carbocycles. The summed E-state index contributed by atoms with van der Waals surface area (Å²) in [4.78, 5) is 3.81. The molecule has 0 unspecified atom stereocenters. The number of benzene rings is 1. The number of hydrogen-bond donors (Lipinski definition) is 2. The van der Waals surface area contributed by atoms with Crippen LogP contribution >= 0.6 is 11.6 Å². The van der Waals surface area contributed by atoms with E-state index in [1.54, 1.807) is 6.08 Å². The molecule has 0 saturated heterocycles. The maximum absolute atomic E-state index is 11.1. The van der Waals surface area contributed by atoms with Crippen LogP contribution in [0.5, 0.6) is 0 Å². The van der Waals surface area contributed by atoms with E-state index in [9.17, 15) is 8.42 Å². The Morgan fingerprint density at radius 2 is 1.95 bits per heavy atom. The predicted octanol–water partition coefficient (Wildman–Crippen LogP) is 2.41. The Labute approximate surface area is 133 Å². The number of allylic oxidation sites excluding steroid dienone is 1. The summed E-state index contributed by atoms with van der Waals surface area (Å²) in [6, 6.07) is 12.3. The fraction of sp³-hybridized carbons (Fsp3) is 0. The summed E-state index contributed by atoms with van der Waals surface area (Å²) >= 11 is 6.02. The summed E-state index contributed by atoms with van der Waals surface area (Å²) in [6.07, 6.45) is 4.32. The van der Waals surface area contributed by atoms with Gasteiger partial charge in [0.15, 0.2) is 0 Å². The van der Waals surface area contributed by atoms with E-state index in [0.717, 1.165) is 11.8 Å². The molecule has 1 heterocycles. The van der Waals surface area contributed by atoms with E-state index in [1.807, 2.05) is 30.3 Å². The zero-order valence-electron chi connectivity index (χ0n) is 11.3. The number of sulfonamides is 1. The standard InChI is InChI=1S/C14H13ClN4O2S/c15-12(8-11-4-2-1-3-5-11)9-18-19-14-7-6-13(10-17-14)22(16,20)21/h1-10H,(H,17,19)(H2,16,20,21). The van der Waals surface area contributed by atoms with Crippen molar-refractivity contribution in [1.82, 2.24) is 4.98 Å². The van der Waals surface area contributed by atoms with Crippen molar-refractivity contribution in [2.24, 2.45) is 10.2 Å². The SMILES string of the molecule is NS(=O)(=O)c1ccc(NN=CC(Cl)=Cc2ccccc2)nc1. The molecule has 0 amide bonds. The molecule has 0 atom stereocenters. The summed E-state index contributed by atoms with van der Waals surface area (Å²) in [5, 5.41) is 9.32. The van der Waals surface area contributed by atoms with Gasteiger partial charge in [0.1, 0.15) is 10.7 Å². The molecule has 0 aliphatic heterocycles. The smallest absolute Gasteiger partial charge is 0.239 e. The second-order valence-corrected chi connectivity index (χ2v) is 6.23. The van der Waals surface area contributed by atoms with Crippen LogP contribution in [-0.4, -0.2) is 19.6 Å². The fourth-order valence-electron chi connectivity index (χ4n) is 1.52. The number of aromatic nitrogens is 1. The molecule has 0 saturated carbocycles. The van der Waals surface area contributed by atoms with E-state index < -0.39 is 10.0 Å². The zero-order valence-corrected chi connectivity index (χ0v) is 12.9. The lowest BCUT2D eigenvalue weighted by Crippen LogP contribution is -2.12. The molecule has 22 heavy (non-hydrogen) atoms. The normalized spacial score (nSPS) is 12.5. The molecule has 8 heteroatoms. The van der Waals surface area contributed by atoms with Crippen molar-refractivity contribution in [3.8, 4) is 0 Å². The van der Waals surface area contributed by atoms with E-state index in [1.165, 1.54) is 18.3 Å². The molecule has 2 rings (SSSR count). The third-order valence-corrected chi connectivity index (χ3v) is 3.64. The first-order valence-electron chi connectivity index (χ1n) is 6.15. The van der Waals surface area contributed by atoms with Crippen molar-refractivity contribution >= 4 is 39.7 Å². The van der Waals surface area contributed by atoms with Crippen LogP contribution in [-0.2, 0) is 10.0 Å². The van der Waals surface area contributed by atoms with E-state index in [4.69, 9.17) is 16.7 Å². The number of rotatable bonds is 5. The average molecular weight is 337 g/mol. The number of nitrogens with one attached hydrogen (secondary N) is 1. The van der Waals surface area contributed by atoms with Crippen LogP contribution in [0.25, 0.3) is 6.08 Å². The van der Waals surface area contributed by atoms with Crippen LogP contribution in [0, 0.1) is 0 Å². The van der Waals surface area contributed by atoms with E-state index in [2.05, 4.69) is 15.5 Å². The van der Waals surface area contributed by atoms with Gasteiger partial charge in [-0.1, -0.05) is 41.9 Å². The van der Waals surface area contributed by atoms with Crippen molar-refractivity contribution in [1.29, 1.82) is 0 Å². The summed E-state index contributed by atoms with van der Waals surface area (Å²) in [7, 11) is -3.75. The van der Waals surface area contributed by atoms with Crippen LogP contribution in [0.15, 0.2) is 63.7 Å². The summed E-state index contributed by atoms with van der Waals surface area (Å²) in [5.41, 5.74) is 3.59. The first-order valence-corrected chi connectivity index (χ1v) is 8.08. The molecule has 0 aliphatic carbocycles. The Morgan fingerprint density at radius 1 is 1.23 bits per heavy atom. The largest absolute Gasteiger partial charge is 0.261 e. The molecule has 114 valence electrons. The number of anilines is 1. The third kappa shape index (κ3) is 4.96. The van der Waals surface area contributed by atoms with Crippen molar-refractivity contribution in [2.45, 2.75) is 4.90 Å². The molecule has 1 aromatic heterocycles. The topological polar surface area (TPSA) is 97.4 Å². The molecule has 0 fully saturated rings. The number of hydrogen-bond acceptors (Lipinski definition) is 5. The van der Waals surface area contributed by atoms with Gasteiger partial charge in [0.25, 0.3) is 0 Å². The Hall–Kier alpha value is -2.22. The average Bonchev–Trinajstić information content (AvgIpc) is 2.48. The molecule has 0 spiro atoms. The molecule has 0 bridgehead atoms. The zero-order chi connectivity index (χ0) is 16.0. The highest BCUT2D eigenvalue weighted by Gasteiger charge is 2.07. The van der Waals surface area contributed by atoms with Gasteiger partial charge in [-0.15, -0.1) is 0 Å². The second kappa shape index (κ2) is 7.17. The van der Waals surface area contributed by atoms with Gasteiger partial charge < -0.3 is 0 Å². The van der Waals surface area contributed by atoms with Crippen LogP contribution in [0.3, 0.4) is 0 Å². The highest BCUT2D eigenvalue weighted by Crippen LogP contribution is 2.10. The van der Waals surface area contributed by atoms with Crippen molar-refractivity contribution in [2.75, 3.05) is 5.43 Å². The van der Waals surface area contributed by atoms with Crippen molar-refractivity contribution in [3.05, 3.63) is 59.3 Å². The van der Waals surface area contributed by atoms with Gasteiger partial charge in [0.05, 0.1) is 11.2 Å². The molecule has 0 aliphatic rings. The lowest BCUT2D eigenvalue weighted by molar-refractivity contribution is 0.597. The first kappa shape index (κ1) is 16.2. The molecular weight excluding hydrogens is 324 g/mol. The lowest BCUT2D eigenvalue weighted by atomic mass is 10.2. The minimum absolute atomic E-state index is 0.0657. The molecule has 6 nitrogen and oxygen atoms in total. The number of halogens is 1. The van der Waals surface area contributed by atoms with E-state index in [0.29, 0.717) is 10.9 Å². The predicted molar refractivity (Wildman–Crippen MR) is 88.0 cm³/mol. The monoisotopic (exact) mass is 336 g/mol. The van der Waals surface area contributed by atoms with Crippen LogP contribution < -0.4 is 10.6 Å². The number of nitrogens with zero attached hydrogens (tertiary/aromatic N) is 2. The van der Waals surface area contributed by atoms with Gasteiger partial charge in [-0.3, -0.25) is 5.43 Å². The Morgan fingerprint density at radius 3 is 2.55 bits per heavy atom. The van der Waals surface area contributed by atoms with Gasteiger partial charge in [-0.05, 0) is 23.8 Å². The number of pyridine rings is 1. The summed E-state index contributed by atoms with van der Waals surface area (Å²) in [6.45, 7) is 0. The van der Waals surface area contributed by atoms with Gasteiger partial charge in [0.2, 0.25) is 10.0 Å². The third-order valence-electron chi connectivity index (χ3n) is 2.54. The highest BCUT2D eigenvalue weighted by molar-refractivity contribution is 7.89. The molecule has 2 aromatic rings. The van der Waals surface area contributed by atoms with Crippen LogP contribution in [0.2, 0.25) is 0 Å². The lowest BCUT2D eigenvalue weighted by Gasteiger charge is -2.00. The van der Waals surface area contributed by atoms with Crippen molar-refractivity contribution < 1.29 is 8.42 Å². The highest BCUT2D eigenvalue weighted by atomic mass is 35.5. The van der Waals surface area contributed by atoms with Crippen LogP contribution in [0.4, 0.5) is 5.82 Å². The Bertz CT molecular complexity index is 787. The van der Waals surface area contributed by atoms with E-state index in [-0.39, 0.29) is 4.90 Å².